The second-order valence-corrected chi connectivity index (χ2v) is 4.67. The van der Waals surface area contributed by atoms with Gasteiger partial charge in [0.25, 0.3) is 5.91 Å². The first-order valence-corrected chi connectivity index (χ1v) is 6.37. The lowest BCUT2D eigenvalue weighted by molar-refractivity contribution is -0.141. The number of aliphatic carboxylic acids is 1. The Morgan fingerprint density at radius 1 is 1.36 bits per heavy atom. The molecule has 1 amide bonds. The van der Waals surface area contributed by atoms with Crippen LogP contribution in [0.25, 0.3) is 0 Å². The van der Waals surface area contributed by atoms with E-state index in [0.29, 0.717) is 0 Å². The van der Waals surface area contributed by atoms with E-state index in [1.807, 2.05) is 0 Å². The Balaban J connectivity index is 3.02. The second-order valence-electron chi connectivity index (χ2n) is 4.67. The zero-order valence-corrected chi connectivity index (χ0v) is 12.4. The van der Waals surface area contributed by atoms with Crippen LogP contribution in [0.3, 0.4) is 0 Å². The number of carboxylic acids is 1. The molecule has 0 spiro atoms. The number of nitrogens with zero attached hydrogens (tertiary/aromatic N) is 1. The predicted octanol–water partition coefficient (Wildman–Crippen LogP) is 2.09. The van der Waals surface area contributed by atoms with Gasteiger partial charge in [-0.2, -0.15) is 8.78 Å². The number of hydrogen-bond acceptors (Lipinski definition) is 4. The summed E-state index contributed by atoms with van der Waals surface area (Å²) < 4.78 is 34.1. The van der Waals surface area contributed by atoms with Crippen LogP contribution in [-0.2, 0) is 4.79 Å². The van der Waals surface area contributed by atoms with Crippen LogP contribution >= 0.6 is 0 Å². The topological polar surface area (TPSA) is 76.1 Å². The van der Waals surface area contributed by atoms with Crippen LogP contribution in [0.15, 0.2) is 18.2 Å². The highest BCUT2D eigenvalue weighted by Gasteiger charge is 2.22. The van der Waals surface area contributed by atoms with E-state index in [1.54, 1.807) is 0 Å². The molecule has 1 rings (SSSR count). The zero-order valence-electron chi connectivity index (χ0n) is 12.4. The Morgan fingerprint density at radius 3 is 2.50 bits per heavy atom. The molecular weight excluding hydrogens is 300 g/mol. The van der Waals surface area contributed by atoms with Crippen molar-refractivity contribution in [3.63, 3.8) is 0 Å². The van der Waals surface area contributed by atoms with Crippen molar-refractivity contribution in [3.8, 4) is 11.5 Å². The van der Waals surface area contributed by atoms with Gasteiger partial charge in [-0.3, -0.25) is 9.59 Å². The van der Waals surface area contributed by atoms with Crippen molar-refractivity contribution in [2.45, 2.75) is 13.5 Å². The van der Waals surface area contributed by atoms with Gasteiger partial charge in [0.05, 0.1) is 18.6 Å². The van der Waals surface area contributed by atoms with Crippen molar-refractivity contribution in [1.82, 2.24) is 4.90 Å². The van der Waals surface area contributed by atoms with Gasteiger partial charge in [-0.1, -0.05) is 6.92 Å². The first kappa shape index (κ1) is 17.7. The second kappa shape index (κ2) is 7.58. The number of carbonyl (C=O) groups excluding carboxylic acids is 1. The maximum Gasteiger partial charge on any atom is 0.387 e. The summed E-state index contributed by atoms with van der Waals surface area (Å²) in [5.41, 5.74) is -0.0961. The lowest BCUT2D eigenvalue weighted by atomic mass is 10.1. The summed E-state index contributed by atoms with van der Waals surface area (Å²) >= 11 is 0. The van der Waals surface area contributed by atoms with Gasteiger partial charge in [-0.25, -0.2) is 0 Å². The van der Waals surface area contributed by atoms with Crippen molar-refractivity contribution in [2.24, 2.45) is 5.92 Å². The first-order chi connectivity index (χ1) is 10.3. The average molecular weight is 317 g/mol. The Kier molecular flexibility index (Phi) is 6.09. The number of rotatable bonds is 7. The third-order valence-electron chi connectivity index (χ3n) is 2.95. The smallest absolute Gasteiger partial charge is 0.387 e. The van der Waals surface area contributed by atoms with Crippen molar-refractivity contribution < 1.29 is 33.0 Å². The van der Waals surface area contributed by atoms with Crippen molar-refractivity contribution >= 4 is 11.9 Å². The molecule has 1 aromatic carbocycles. The monoisotopic (exact) mass is 317 g/mol. The van der Waals surface area contributed by atoms with Crippen molar-refractivity contribution in [1.29, 1.82) is 0 Å². The fraction of sp³-hybridized carbons (Fsp3) is 0.429. The van der Waals surface area contributed by atoms with Crippen LogP contribution in [0.2, 0.25) is 0 Å². The Hall–Kier alpha value is -2.38. The highest BCUT2D eigenvalue weighted by Crippen LogP contribution is 2.27. The van der Waals surface area contributed by atoms with Gasteiger partial charge >= 0.3 is 12.6 Å². The molecule has 0 radical (unpaired) electrons. The molecule has 0 saturated heterocycles. The summed E-state index contributed by atoms with van der Waals surface area (Å²) in [5, 5.41) is 8.85. The lowest BCUT2D eigenvalue weighted by Crippen LogP contribution is -2.34. The lowest BCUT2D eigenvalue weighted by Gasteiger charge is -2.21. The molecule has 0 aliphatic heterocycles. The molecule has 1 N–H and O–H groups in total. The van der Waals surface area contributed by atoms with E-state index in [0.717, 1.165) is 4.90 Å². The van der Waals surface area contributed by atoms with Gasteiger partial charge in [0.15, 0.2) is 0 Å². The number of amides is 1. The van der Waals surface area contributed by atoms with Crippen molar-refractivity contribution in [2.75, 3.05) is 20.7 Å². The molecule has 1 atom stereocenters. The summed E-state index contributed by atoms with van der Waals surface area (Å²) in [7, 11) is 2.74. The van der Waals surface area contributed by atoms with Crippen LogP contribution in [-0.4, -0.2) is 49.2 Å². The van der Waals surface area contributed by atoms with Gasteiger partial charge in [-0.15, -0.1) is 0 Å². The number of benzene rings is 1. The van der Waals surface area contributed by atoms with Crippen LogP contribution in [0.4, 0.5) is 8.78 Å². The molecule has 22 heavy (non-hydrogen) atoms. The largest absolute Gasteiger partial charge is 0.497 e. The van der Waals surface area contributed by atoms with Crippen molar-refractivity contribution in [3.05, 3.63) is 23.8 Å². The van der Waals surface area contributed by atoms with E-state index in [2.05, 4.69) is 4.74 Å². The molecule has 1 unspecified atom stereocenters. The molecule has 0 saturated carbocycles. The first-order valence-electron chi connectivity index (χ1n) is 6.37. The van der Waals surface area contributed by atoms with Gasteiger partial charge in [-0.05, 0) is 12.1 Å². The normalized spacial score (nSPS) is 11.9. The maximum atomic E-state index is 12.5. The highest BCUT2D eigenvalue weighted by atomic mass is 19.3. The molecular formula is C14H17F2NO5. The standard InChI is InChI=1S/C14H17F2NO5/c1-8(13(19)20)7-17(2)12(18)10-5-4-9(21-3)6-11(10)22-14(15)16/h4-6,8,14H,7H2,1-3H3,(H,19,20). The minimum Gasteiger partial charge on any atom is -0.497 e. The molecule has 0 bridgehead atoms. The molecule has 8 heteroatoms. The van der Waals surface area contributed by atoms with E-state index < -0.39 is 24.4 Å². The molecule has 0 aliphatic rings. The molecule has 0 fully saturated rings. The third kappa shape index (κ3) is 4.57. The highest BCUT2D eigenvalue weighted by molar-refractivity contribution is 5.97. The van der Waals surface area contributed by atoms with Gasteiger partial charge in [0, 0.05) is 19.7 Å². The van der Waals surface area contributed by atoms with Gasteiger partial charge in [0.2, 0.25) is 0 Å². The van der Waals surface area contributed by atoms with Gasteiger partial charge < -0.3 is 19.5 Å². The van der Waals surface area contributed by atoms with Crippen LogP contribution in [0.5, 0.6) is 11.5 Å². The summed E-state index contributed by atoms with van der Waals surface area (Å²) in [6, 6.07) is 3.90. The van der Waals surface area contributed by atoms with E-state index in [4.69, 9.17) is 9.84 Å². The van der Waals surface area contributed by atoms with Gasteiger partial charge in [0.1, 0.15) is 11.5 Å². The van der Waals surface area contributed by atoms with E-state index >= 15 is 0 Å². The van der Waals surface area contributed by atoms with Crippen LogP contribution < -0.4 is 9.47 Å². The summed E-state index contributed by atoms with van der Waals surface area (Å²) in [4.78, 5) is 24.2. The third-order valence-corrected chi connectivity index (χ3v) is 2.95. The molecule has 0 heterocycles. The summed E-state index contributed by atoms with van der Waals surface area (Å²) in [6.45, 7) is -1.72. The Morgan fingerprint density at radius 2 is 2.00 bits per heavy atom. The molecule has 0 aromatic heterocycles. The summed E-state index contributed by atoms with van der Waals surface area (Å²) in [5.74, 6) is -2.53. The number of carboxylic acid groups (broad SMARTS) is 1. The van der Waals surface area contributed by atoms with Crippen LogP contribution in [0, 0.1) is 5.92 Å². The number of hydrogen-bond donors (Lipinski definition) is 1. The molecule has 0 aliphatic carbocycles. The fourth-order valence-electron chi connectivity index (χ4n) is 1.78. The molecule has 122 valence electrons. The minimum atomic E-state index is -3.10. The number of methoxy groups -OCH3 is 1. The quantitative estimate of drug-likeness (QED) is 0.833. The van der Waals surface area contributed by atoms with E-state index in [1.165, 1.54) is 39.3 Å². The molecule has 1 aromatic rings. The number of halogens is 2. The number of ether oxygens (including phenoxy) is 2. The maximum absolute atomic E-state index is 12.5. The SMILES string of the molecule is COc1ccc(C(=O)N(C)CC(C)C(=O)O)c(OC(F)F)c1. The molecule has 6 nitrogen and oxygen atoms in total. The Bertz CT molecular complexity index is 550. The number of carbonyl (C=O) groups is 2. The van der Waals surface area contributed by atoms with E-state index in [9.17, 15) is 18.4 Å². The van der Waals surface area contributed by atoms with E-state index in [-0.39, 0.29) is 23.6 Å². The fourth-order valence-corrected chi connectivity index (χ4v) is 1.78. The van der Waals surface area contributed by atoms with Crippen LogP contribution in [0.1, 0.15) is 17.3 Å². The summed E-state index contributed by atoms with van der Waals surface area (Å²) in [6.07, 6.45) is 0. The Labute approximate surface area is 126 Å². The minimum absolute atomic E-state index is 0.0612. The predicted molar refractivity (Wildman–Crippen MR) is 73.4 cm³/mol. The number of alkyl halides is 2. The zero-order chi connectivity index (χ0) is 16.9. The average Bonchev–Trinajstić information content (AvgIpc) is 2.45.